The maximum absolute atomic E-state index is 3.76. The molecular weight excluding hydrogens is 262 g/mol. The fourth-order valence-electron chi connectivity index (χ4n) is 2.57. The van der Waals surface area contributed by atoms with E-state index in [-0.39, 0.29) is 0 Å². The monoisotopic (exact) mass is 281 g/mol. The molecule has 1 fully saturated rings. The molecule has 0 saturated carbocycles. The second kappa shape index (κ2) is 5.33. The molecule has 2 heteroatoms. The molecule has 0 aliphatic carbocycles. The van der Waals surface area contributed by atoms with Gasteiger partial charge in [-0.3, -0.25) is 4.90 Å². The molecule has 1 aromatic carbocycles. The molecule has 1 nitrogen and oxygen atoms in total. The average Bonchev–Trinajstić information content (AvgIpc) is 2.61. The van der Waals surface area contributed by atoms with Crippen molar-refractivity contribution in [1.29, 1.82) is 0 Å². The van der Waals surface area contributed by atoms with Crippen molar-refractivity contribution in [1.82, 2.24) is 4.90 Å². The van der Waals surface area contributed by atoms with E-state index < -0.39 is 0 Å². The molecule has 1 saturated heterocycles. The van der Waals surface area contributed by atoms with E-state index in [2.05, 4.69) is 65.0 Å². The van der Waals surface area contributed by atoms with E-state index in [9.17, 15) is 0 Å². The first-order chi connectivity index (χ1) is 7.66. The van der Waals surface area contributed by atoms with Crippen LogP contribution >= 0.6 is 15.9 Å². The van der Waals surface area contributed by atoms with Gasteiger partial charge in [-0.15, -0.1) is 0 Å². The Morgan fingerprint density at radius 3 is 2.62 bits per heavy atom. The predicted molar refractivity (Wildman–Crippen MR) is 72.8 cm³/mol. The number of nitrogens with zero attached hydrogens (tertiary/aromatic N) is 1. The molecule has 1 aliphatic heterocycles. The van der Waals surface area contributed by atoms with Crippen molar-refractivity contribution in [2.24, 2.45) is 5.92 Å². The van der Waals surface area contributed by atoms with Crippen LogP contribution in [-0.2, 0) is 6.54 Å². The van der Waals surface area contributed by atoms with Gasteiger partial charge in [0.2, 0.25) is 0 Å². The van der Waals surface area contributed by atoms with Gasteiger partial charge < -0.3 is 0 Å². The fourth-order valence-corrected chi connectivity index (χ4v) is 3.32. The molecule has 16 heavy (non-hydrogen) atoms. The summed E-state index contributed by atoms with van der Waals surface area (Å²) in [6, 6.07) is 11.5. The second-order valence-corrected chi connectivity index (χ2v) is 6.35. The normalized spacial score (nSPS) is 26.5. The van der Waals surface area contributed by atoms with Gasteiger partial charge in [0.05, 0.1) is 0 Å². The number of likely N-dealkylation sites (tertiary alicyclic amines) is 1. The molecule has 0 N–H and O–H groups in total. The number of hydrogen-bond donors (Lipinski definition) is 0. The molecule has 0 unspecified atom stereocenters. The summed E-state index contributed by atoms with van der Waals surface area (Å²) in [5.74, 6) is 0.742. The maximum Gasteiger partial charge on any atom is 0.0288 e. The molecule has 1 aromatic rings. The van der Waals surface area contributed by atoms with Gasteiger partial charge in [-0.2, -0.15) is 0 Å². The van der Waals surface area contributed by atoms with Crippen molar-refractivity contribution >= 4 is 15.9 Å². The third-order valence-electron chi connectivity index (χ3n) is 3.40. The summed E-state index contributed by atoms with van der Waals surface area (Å²) >= 11 is 3.76. The molecule has 1 aliphatic rings. The van der Waals surface area contributed by atoms with Crippen molar-refractivity contribution in [3.05, 3.63) is 35.9 Å². The minimum atomic E-state index is 0.670. The van der Waals surface area contributed by atoms with Crippen LogP contribution < -0.4 is 0 Å². The summed E-state index contributed by atoms with van der Waals surface area (Å²) < 4.78 is 0. The van der Waals surface area contributed by atoms with E-state index in [1.165, 1.54) is 18.5 Å². The number of rotatable bonds is 3. The van der Waals surface area contributed by atoms with Gasteiger partial charge in [-0.25, -0.2) is 0 Å². The molecule has 0 bridgehead atoms. The highest BCUT2D eigenvalue weighted by molar-refractivity contribution is 9.09. The summed E-state index contributed by atoms with van der Waals surface area (Å²) in [5.41, 5.74) is 1.43. The first-order valence-corrected chi connectivity index (χ1v) is 7.00. The van der Waals surface area contributed by atoms with Crippen molar-refractivity contribution in [2.75, 3.05) is 6.54 Å². The van der Waals surface area contributed by atoms with Crippen LogP contribution in [0.4, 0.5) is 0 Å². The van der Waals surface area contributed by atoms with Crippen LogP contribution in [0.5, 0.6) is 0 Å². The number of halogens is 1. The molecule has 0 spiro atoms. The lowest BCUT2D eigenvalue weighted by molar-refractivity contribution is 0.199. The number of hydrogen-bond acceptors (Lipinski definition) is 1. The Hall–Kier alpha value is -0.340. The zero-order valence-corrected chi connectivity index (χ0v) is 11.7. The van der Waals surface area contributed by atoms with Gasteiger partial charge >= 0.3 is 0 Å². The Bertz CT molecular complexity index is 323. The Kier molecular flexibility index (Phi) is 4.04. The SMILES string of the molecule is CC(C)[C@@H]1C[C@H](Br)CN1Cc1ccccc1. The Labute approximate surface area is 107 Å². The highest BCUT2D eigenvalue weighted by Crippen LogP contribution is 2.29. The Morgan fingerprint density at radius 2 is 2.00 bits per heavy atom. The lowest BCUT2D eigenvalue weighted by atomic mass is 10.0. The summed E-state index contributed by atoms with van der Waals surface area (Å²) in [6.07, 6.45) is 1.28. The van der Waals surface area contributed by atoms with Gasteiger partial charge in [-0.05, 0) is 17.9 Å². The standard InChI is InChI=1S/C14H20BrN/c1-11(2)14-8-13(15)10-16(14)9-12-6-4-3-5-7-12/h3-7,11,13-14H,8-10H2,1-2H3/t13-,14-/m0/s1. The van der Waals surface area contributed by atoms with E-state index in [1.54, 1.807) is 0 Å². The van der Waals surface area contributed by atoms with Gasteiger partial charge in [0.15, 0.2) is 0 Å². The summed E-state index contributed by atoms with van der Waals surface area (Å²) in [5, 5.41) is 0. The van der Waals surface area contributed by atoms with Crippen molar-refractivity contribution in [2.45, 2.75) is 37.7 Å². The Balaban J connectivity index is 2.03. The first kappa shape index (κ1) is 12.1. The lowest BCUT2D eigenvalue weighted by Crippen LogP contribution is -2.32. The molecule has 0 radical (unpaired) electrons. The van der Waals surface area contributed by atoms with Gasteiger partial charge in [-0.1, -0.05) is 60.1 Å². The maximum atomic E-state index is 3.76. The van der Waals surface area contributed by atoms with Gasteiger partial charge in [0.1, 0.15) is 0 Å². The van der Waals surface area contributed by atoms with E-state index in [0.29, 0.717) is 4.83 Å². The summed E-state index contributed by atoms with van der Waals surface area (Å²) in [4.78, 5) is 3.28. The summed E-state index contributed by atoms with van der Waals surface area (Å²) in [6.45, 7) is 6.92. The largest absolute Gasteiger partial charge is 0.295 e. The highest BCUT2D eigenvalue weighted by atomic mass is 79.9. The van der Waals surface area contributed by atoms with Crippen LogP contribution in [-0.4, -0.2) is 22.3 Å². The van der Waals surface area contributed by atoms with Crippen LogP contribution in [0.2, 0.25) is 0 Å². The van der Waals surface area contributed by atoms with E-state index in [1.807, 2.05) is 0 Å². The predicted octanol–water partition coefficient (Wildman–Crippen LogP) is 3.68. The van der Waals surface area contributed by atoms with E-state index >= 15 is 0 Å². The van der Waals surface area contributed by atoms with Crippen LogP contribution in [0.1, 0.15) is 25.8 Å². The smallest absolute Gasteiger partial charge is 0.0288 e. The second-order valence-electron chi connectivity index (χ2n) is 5.06. The number of alkyl halides is 1. The first-order valence-electron chi connectivity index (χ1n) is 6.09. The highest BCUT2D eigenvalue weighted by Gasteiger charge is 2.32. The van der Waals surface area contributed by atoms with Crippen LogP contribution in [0, 0.1) is 5.92 Å². The van der Waals surface area contributed by atoms with Gasteiger partial charge in [0.25, 0.3) is 0 Å². The van der Waals surface area contributed by atoms with Crippen molar-refractivity contribution in [3.8, 4) is 0 Å². The zero-order chi connectivity index (χ0) is 11.5. The summed E-state index contributed by atoms with van der Waals surface area (Å²) in [7, 11) is 0. The third kappa shape index (κ3) is 2.86. The molecule has 2 rings (SSSR count). The zero-order valence-electron chi connectivity index (χ0n) is 10.1. The molecule has 88 valence electrons. The molecule has 1 heterocycles. The van der Waals surface area contributed by atoms with Crippen LogP contribution in [0.3, 0.4) is 0 Å². The molecule has 0 aromatic heterocycles. The van der Waals surface area contributed by atoms with E-state index in [0.717, 1.165) is 18.5 Å². The molecule has 0 amide bonds. The minimum absolute atomic E-state index is 0.670. The lowest BCUT2D eigenvalue weighted by Gasteiger charge is -2.27. The topological polar surface area (TPSA) is 3.24 Å². The van der Waals surface area contributed by atoms with Crippen molar-refractivity contribution < 1.29 is 0 Å². The molecular formula is C14H20BrN. The Morgan fingerprint density at radius 1 is 1.31 bits per heavy atom. The third-order valence-corrected chi connectivity index (χ3v) is 4.06. The minimum Gasteiger partial charge on any atom is -0.295 e. The van der Waals surface area contributed by atoms with Gasteiger partial charge in [0, 0.05) is 24.0 Å². The fraction of sp³-hybridized carbons (Fsp3) is 0.571. The number of benzene rings is 1. The van der Waals surface area contributed by atoms with Crippen molar-refractivity contribution in [3.63, 3.8) is 0 Å². The van der Waals surface area contributed by atoms with E-state index in [4.69, 9.17) is 0 Å². The van der Waals surface area contributed by atoms with Crippen LogP contribution in [0.15, 0.2) is 30.3 Å². The average molecular weight is 282 g/mol. The van der Waals surface area contributed by atoms with Crippen LogP contribution in [0.25, 0.3) is 0 Å². The molecule has 2 atom stereocenters. The quantitative estimate of drug-likeness (QED) is 0.764.